The first-order valence-electron chi connectivity index (χ1n) is 9.69. The van der Waals surface area contributed by atoms with Crippen LogP contribution in [0.2, 0.25) is 0 Å². The zero-order chi connectivity index (χ0) is 20.8. The van der Waals surface area contributed by atoms with Crippen molar-refractivity contribution in [3.63, 3.8) is 0 Å². The molecule has 1 N–H and O–H groups in total. The van der Waals surface area contributed by atoms with Crippen LogP contribution < -0.4 is 16.6 Å². The second kappa shape index (κ2) is 9.34. The number of carbonyl (C=O) groups is 1. The minimum Gasteiger partial charge on any atom is -0.377 e. The molecule has 0 radical (unpaired) electrons. The Morgan fingerprint density at radius 3 is 2.34 bits per heavy atom. The van der Waals surface area contributed by atoms with Crippen LogP contribution in [0.5, 0.6) is 0 Å². The van der Waals surface area contributed by atoms with E-state index in [0.29, 0.717) is 30.7 Å². The van der Waals surface area contributed by atoms with Crippen LogP contribution in [-0.2, 0) is 35.8 Å². The van der Waals surface area contributed by atoms with Crippen molar-refractivity contribution in [1.82, 2.24) is 14.5 Å². The van der Waals surface area contributed by atoms with Gasteiger partial charge in [-0.05, 0) is 37.1 Å². The summed E-state index contributed by atoms with van der Waals surface area (Å²) in [6.45, 7) is 5.36. The minimum absolute atomic E-state index is 0.151. The number of para-hydroxylation sites is 1. The summed E-state index contributed by atoms with van der Waals surface area (Å²) >= 11 is 0. The minimum atomic E-state index is -0.480. The first-order valence-corrected chi connectivity index (χ1v) is 9.69. The maximum absolute atomic E-state index is 12.7. The zero-order valence-electron chi connectivity index (χ0n) is 16.7. The summed E-state index contributed by atoms with van der Waals surface area (Å²) in [4.78, 5) is 37.7. The molecule has 3 rings (SSSR count). The number of ether oxygens (including phenoxy) is 1. The molecular formula is C22H25N3O4. The highest BCUT2D eigenvalue weighted by Gasteiger charge is 2.14. The van der Waals surface area contributed by atoms with E-state index in [1.165, 1.54) is 4.57 Å². The van der Waals surface area contributed by atoms with Crippen molar-refractivity contribution in [2.75, 3.05) is 6.61 Å². The summed E-state index contributed by atoms with van der Waals surface area (Å²) in [5, 5.41) is 3.26. The van der Waals surface area contributed by atoms with Gasteiger partial charge in [-0.3, -0.25) is 18.7 Å². The van der Waals surface area contributed by atoms with Crippen molar-refractivity contribution in [2.24, 2.45) is 0 Å². The molecule has 0 aliphatic rings. The van der Waals surface area contributed by atoms with E-state index in [4.69, 9.17) is 4.74 Å². The summed E-state index contributed by atoms with van der Waals surface area (Å²) < 4.78 is 7.86. The topological polar surface area (TPSA) is 82.3 Å². The molecule has 0 unspecified atom stereocenters. The van der Waals surface area contributed by atoms with Crippen LogP contribution in [0.1, 0.15) is 25.0 Å². The van der Waals surface area contributed by atoms with Crippen molar-refractivity contribution in [3.8, 4) is 0 Å². The Morgan fingerprint density at radius 1 is 0.966 bits per heavy atom. The van der Waals surface area contributed by atoms with Gasteiger partial charge in [-0.15, -0.1) is 0 Å². The van der Waals surface area contributed by atoms with Crippen molar-refractivity contribution >= 4 is 16.8 Å². The number of hydrogen-bond donors (Lipinski definition) is 1. The lowest BCUT2D eigenvalue weighted by molar-refractivity contribution is -0.121. The Balaban J connectivity index is 1.75. The molecule has 152 valence electrons. The van der Waals surface area contributed by atoms with E-state index in [1.807, 2.05) is 31.2 Å². The summed E-state index contributed by atoms with van der Waals surface area (Å²) in [5.74, 6) is -0.294. The van der Waals surface area contributed by atoms with Gasteiger partial charge in [-0.1, -0.05) is 36.4 Å². The van der Waals surface area contributed by atoms with E-state index >= 15 is 0 Å². The van der Waals surface area contributed by atoms with Gasteiger partial charge in [0, 0.05) is 19.7 Å². The van der Waals surface area contributed by atoms with Crippen LogP contribution in [0.4, 0.5) is 0 Å². The average molecular weight is 395 g/mol. The SMILES string of the molecule is CCOCc1ccc(CNC(=O)Cn2c(=O)n(CC)c(=O)c3ccccc32)cc1. The van der Waals surface area contributed by atoms with Crippen LogP contribution in [0, 0.1) is 0 Å². The number of fused-ring (bicyclic) bond motifs is 1. The van der Waals surface area contributed by atoms with Gasteiger partial charge in [0.1, 0.15) is 6.54 Å². The lowest BCUT2D eigenvalue weighted by atomic mass is 10.1. The van der Waals surface area contributed by atoms with Gasteiger partial charge < -0.3 is 10.1 Å². The predicted octanol–water partition coefficient (Wildman–Crippen LogP) is 2.04. The summed E-state index contributed by atoms with van der Waals surface area (Å²) in [6, 6.07) is 14.6. The van der Waals surface area contributed by atoms with Gasteiger partial charge in [0.25, 0.3) is 5.56 Å². The second-order valence-electron chi connectivity index (χ2n) is 6.67. The lowest BCUT2D eigenvalue weighted by Crippen LogP contribution is -2.42. The molecular weight excluding hydrogens is 370 g/mol. The molecule has 0 saturated heterocycles. The molecule has 3 aromatic rings. The molecule has 7 heteroatoms. The third kappa shape index (κ3) is 4.63. The van der Waals surface area contributed by atoms with Crippen molar-refractivity contribution in [3.05, 3.63) is 80.5 Å². The Kier molecular flexibility index (Phi) is 6.61. The van der Waals surface area contributed by atoms with Crippen molar-refractivity contribution < 1.29 is 9.53 Å². The molecule has 0 aliphatic heterocycles. The molecule has 7 nitrogen and oxygen atoms in total. The largest absolute Gasteiger partial charge is 0.377 e. The lowest BCUT2D eigenvalue weighted by Gasteiger charge is -2.13. The first-order chi connectivity index (χ1) is 14.0. The monoisotopic (exact) mass is 395 g/mol. The van der Waals surface area contributed by atoms with Crippen molar-refractivity contribution in [1.29, 1.82) is 0 Å². The Hall–Kier alpha value is -3.19. The van der Waals surface area contributed by atoms with Gasteiger partial charge in [-0.2, -0.15) is 0 Å². The van der Waals surface area contributed by atoms with E-state index < -0.39 is 5.69 Å². The van der Waals surface area contributed by atoms with E-state index in [-0.39, 0.29) is 24.6 Å². The van der Waals surface area contributed by atoms with Crippen molar-refractivity contribution in [2.45, 2.75) is 40.1 Å². The first kappa shape index (κ1) is 20.5. The number of rotatable bonds is 8. The normalized spacial score (nSPS) is 11.0. The molecule has 0 atom stereocenters. The molecule has 0 saturated carbocycles. The third-order valence-electron chi connectivity index (χ3n) is 4.74. The maximum Gasteiger partial charge on any atom is 0.331 e. The number of benzene rings is 2. The molecule has 0 spiro atoms. The standard InChI is InChI=1S/C22H25N3O4/c1-3-24-21(27)18-7-5-6-8-19(18)25(22(24)28)14-20(26)23-13-16-9-11-17(12-10-16)15-29-4-2/h5-12H,3-4,13-15H2,1-2H3,(H,23,26). The Morgan fingerprint density at radius 2 is 1.66 bits per heavy atom. The fourth-order valence-electron chi connectivity index (χ4n) is 3.18. The molecule has 0 bridgehead atoms. The highest BCUT2D eigenvalue weighted by molar-refractivity contribution is 5.81. The third-order valence-corrected chi connectivity index (χ3v) is 4.74. The van der Waals surface area contributed by atoms with Crippen LogP contribution in [0.3, 0.4) is 0 Å². The highest BCUT2D eigenvalue weighted by Crippen LogP contribution is 2.08. The summed E-state index contributed by atoms with van der Waals surface area (Å²) in [7, 11) is 0. The van der Waals surface area contributed by atoms with Gasteiger partial charge in [-0.25, -0.2) is 4.79 Å². The number of amides is 1. The van der Waals surface area contributed by atoms with E-state index in [9.17, 15) is 14.4 Å². The van der Waals surface area contributed by atoms with E-state index in [2.05, 4.69) is 5.32 Å². The fourth-order valence-corrected chi connectivity index (χ4v) is 3.18. The van der Waals surface area contributed by atoms with Gasteiger partial charge >= 0.3 is 5.69 Å². The maximum atomic E-state index is 12.7. The molecule has 0 aliphatic carbocycles. The predicted molar refractivity (Wildman–Crippen MR) is 112 cm³/mol. The zero-order valence-corrected chi connectivity index (χ0v) is 16.7. The average Bonchev–Trinajstić information content (AvgIpc) is 2.75. The Bertz CT molecular complexity index is 1110. The van der Waals surface area contributed by atoms with Crippen LogP contribution in [0.25, 0.3) is 10.9 Å². The molecule has 1 aromatic heterocycles. The van der Waals surface area contributed by atoms with Crippen LogP contribution in [-0.4, -0.2) is 21.6 Å². The van der Waals surface area contributed by atoms with Crippen LogP contribution in [0.15, 0.2) is 58.1 Å². The van der Waals surface area contributed by atoms with E-state index in [0.717, 1.165) is 15.7 Å². The summed E-state index contributed by atoms with van der Waals surface area (Å²) in [6.07, 6.45) is 0. The smallest absolute Gasteiger partial charge is 0.331 e. The number of aromatic nitrogens is 2. The summed E-state index contributed by atoms with van der Waals surface area (Å²) in [5.41, 5.74) is 1.67. The molecule has 29 heavy (non-hydrogen) atoms. The number of carbonyl (C=O) groups excluding carboxylic acids is 1. The van der Waals surface area contributed by atoms with Gasteiger partial charge in [0.2, 0.25) is 5.91 Å². The number of nitrogens with one attached hydrogen (secondary N) is 1. The molecule has 0 fully saturated rings. The quantitative estimate of drug-likeness (QED) is 0.633. The fraction of sp³-hybridized carbons (Fsp3) is 0.318. The Labute approximate surface area is 168 Å². The second-order valence-corrected chi connectivity index (χ2v) is 6.67. The number of hydrogen-bond acceptors (Lipinski definition) is 4. The molecule has 2 aromatic carbocycles. The highest BCUT2D eigenvalue weighted by atomic mass is 16.5. The van der Waals surface area contributed by atoms with Gasteiger partial charge in [0.15, 0.2) is 0 Å². The number of nitrogens with zero attached hydrogens (tertiary/aromatic N) is 2. The molecule has 1 heterocycles. The van der Waals surface area contributed by atoms with Crippen LogP contribution >= 0.6 is 0 Å². The van der Waals surface area contributed by atoms with E-state index in [1.54, 1.807) is 31.2 Å². The molecule has 1 amide bonds. The van der Waals surface area contributed by atoms with Gasteiger partial charge in [0.05, 0.1) is 17.5 Å².